The van der Waals surface area contributed by atoms with Crippen LogP contribution in [0, 0.1) is 28.6 Å². The van der Waals surface area contributed by atoms with E-state index in [-0.39, 0.29) is 31.3 Å². The highest BCUT2D eigenvalue weighted by atomic mass is 35.5. The zero-order valence-corrected chi connectivity index (χ0v) is 19.8. The van der Waals surface area contributed by atoms with E-state index in [0.717, 1.165) is 6.08 Å². The number of carboxylic acids is 1. The molecule has 0 bridgehead atoms. The number of hydrogen-bond donors (Lipinski definition) is 2. The van der Waals surface area contributed by atoms with Crippen LogP contribution in [0.2, 0.25) is 0 Å². The highest BCUT2D eigenvalue weighted by Crippen LogP contribution is 2.72. The van der Waals surface area contributed by atoms with Gasteiger partial charge in [-0.2, -0.15) is 0 Å². The van der Waals surface area contributed by atoms with E-state index < -0.39 is 74.9 Å². The molecule has 4 aliphatic rings. The van der Waals surface area contributed by atoms with E-state index in [1.54, 1.807) is 20.8 Å². The number of aliphatic carboxylic acids is 1. The molecule has 4 aliphatic carbocycles. The normalized spacial score (nSPS) is 48.7. The molecule has 0 aliphatic heterocycles. The zero-order valence-electron chi connectivity index (χ0n) is 19.0. The molecule has 0 radical (unpaired) electrons. The third-order valence-electron chi connectivity index (χ3n) is 9.13. The van der Waals surface area contributed by atoms with Crippen LogP contribution >= 0.6 is 11.6 Å². The molecule has 0 amide bonds. The molecule has 9 heteroatoms. The highest BCUT2D eigenvalue weighted by Gasteiger charge is 2.78. The Morgan fingerprint density at radius 1 is 1.27 bits per heavy atom. The van der Waals surface area contributed by atoms with Crippen molar-refractivity contribution in [1.29, 1.82) is 0 Å². The number of ether oxygens (including phenoxy) is 1. The molecule has 2 N–H and O–H groups in total. The van der Waals surface area contributed by atoms with Gasteiger partial charge >= 0.3 is 11.9 Å². The van der Waals surface area contributed by atoms with Gasteiger partial charge in [0, 0.05) is 28.7 Å². The van der Waals surface area contributed by atoms with Crippen LogP contribution in [0.4, 0.5) is 8.78 Å². The second-order valence-corrected chi connectivity index (χ2v) is 11.1. The molecule has 3 fully saturated rings. The van der Waals surface area contributed by atoms with Crippen molar-refractivity contribution >= 4 is 29.3 Å². The Balaban J connectivity index is 1.89. The predicted molar refractivity (Wildman–Crippen MR) is 115 cm³/mol. The van der Waals surface area contributed by atoms with Gasteiger partial charge in [0.15, 0.2) is 5.83 Å². The fourth-order valence-electron chi connectivity index (χ4n) is 7.59. The van der Waals surface area contributed by atoms with Crippen molar-refractivity contribution in [1.82, 2.24) is 0 Å². The number of carboxylic acid groups (broad SMARTS) is 1. The Labute approximate surface area is 196 Å². The van der Waals surface area contributed by atoms with Crippen molar-refractivity contribution in [2.45, 2.75) is 76.1 Å². The van der Waals surface area contributed by atoms with Gasteiger partial charge in [-0.3, -0.25) is 9.59 Å². The van der Waals surface area contributed by atoms with E-state index >= 15 is 4.39 Å². The van der Waals surface area contributed by atoms with Crippen molar-refractivity contribution in [2.24, 2.45) is 28.6 Å². The highest BCUT2D eigenvalue weighted by molar-refractivity contribution is 6.26. The van der Waals surface area contributed by atoms with Crippen molar-refractivity contribution in [3.8, 4) is 0 Å². The number of aliphatic hydroxyl groups excluding tert-OH is 1. The number of rotatable bonds is 3. The van der Waals surface area contributed by atoms with Crippen molar-refractivity contribution < 1.29 is 38.1 Å². The molecule has 0 spiro atoms. The number of ketones is 1. The SMILES string of the molecule is CCC(=O)O[C@]1(C(=O)O)[C@H](C)C[C@H]2[C@@H]3C[C@H](F)C4=C(F)C(=O)C=C[C@]4(C)[C@@]3(Cl)[C@@H](O)C[C@@]21C. The lowest BCUT2D eigenvalue weighted by Crippen LogP contribution is -2.70. The lowest BCUT2D eigenvalue weighted by Gasteiger charge is -2.64. The second kappa shape index (κ2) is 7.35. The maximum absolute atomic E-state index is 15.5. The minimum absolute atomic E-state index is 0.0230. The molecule has 9 atom stereocenters. The number of fused-ring (bicyclic) bond motifs is 5. The van der Waals surface area contributed by atoms with Gasteiger partial charge in [-0.1, -0.05) is 33.8 Å². The van der Waals surface area contributed by atoms with Gasteiger partial charge in [0.2, 0.25) is 11.4 Å². The van der Waals surface area contributed by atoms with Gasteiger partial charge in [-0.05, 0) is 37.2 Å². The van der Waals surface area contributed by atoms with Crippen LogP contribution in [-0.2, 0) is 19.1 Å². The monoisotopic (exact) mass is 486 g/mol. The standard InChI is InChI=1S/C24H29ClF2O6/c1-5-17(30)33-24(20(31)32)11(2)8-12-13-9-14(26)18-19(27)15(28)6-7-21(18,3)23(13,25)16(29)10-22(12,24)4/h6-7,11-14,16,29H,5,8-10H2,1-4H3,(H,31,32)/t11-,12+,13+,14+,16+,21+,22+,23+,24+/m1/s1. The fourth-order valence-corrected chi connectivity index (χ4v) is 8.07. The first-order valence-corrected chi connectivity index (χ1v) is 11.7. The van der Waals surface area contributed by atoms with Gasteiger partial charge in [-0.15, -0.1) is 11.6 Å². The van der Waals surface area contributed by atoms with Gasteiger partial charge in [0.1, 0.15) is 6.17 Å². The molecule has 182 valence electrons. The number of carbonyl (C=O) groups excluding carboxylic acids is 2. The van der Waals surface area contributed by atoms with E-state index in [9.17, 15) is 29.0 Å². The quantitative estimate of drug-likeness (QED) is 0.463. The molecule has 0 saturated heterocycles. The summed E-state index contributed by atoms with van der Waals surface area (Å²) in [5, 5.41) is 21.8. The largest absolute Gasteiger partial charge is 0.478 e. The maximum atomic E-state index is 15.5. The van der Waals surface area contributed by atoms with Crippen molar-refractivity contribution in [2.75, 3.05) is 0 Å². The average Bonchev–Trinajstić information content (AvgIpc) is 2.95. The second-order valence-electron chi connectivity index (χ2n) is 10.5. The summed E-state index contributed by atoms with van der Waals surface area (Å²) in [6.07, 6.45) is -0.995. The van der Waals surface area contributed by atoms with Gasteiger partial charge < -0.3 is 14.9 Å². The van der Waals surface area contributed by atoms with Crippen LogP contribution < -0.4 is 0 Å². The van der Waals surface area contributed by atoms with Gasteiger partial charge in [0.05, 0.1) is 11.0 Å². The number of hydrogen-bond acceptors (Lipinski definition) is 5. The first-order valence-electron chi connectivity index (χ1n) is 11.3. The third-order valence-corrected chi connectivity index (χ3v) is 10.1. The van der Waals surface area contributed by atoms with E-state index in [0.29, 0.717) is 0 Å². The summed E-state index contributed by atoms with van der Waals surface area (Å²) < 4.78 is 36.0. The summed E-state index contributed by atoms with van der Waals surface area (Å²) in [6, 6.07) is 0. The molecule has 33 heavy (non-hydrogen) atoms. The van der Waals surface area contributed by atoms with E-state index in [2.05, 4.69) is 0 Å². The molecule has 6 nitrogen and oxygen atoms in total. The summed E-state index contributed by atoms with van der Waals surface area (Å²) in [5.41, 5.74) is -5.02. The average molecular weight is 487 g/mol. The van der Waals surface area contributed by atoms with Crippen molar-refractivity contribution in [3.05, 3.63) is 23.6 Å². The van der Waals surface area contributed by atoms with Crippen LogP contribution in [0.1, 0.15) is 53.4 Å². The Hall–Kier alpha value is -1.80. The molecule has 4 rings (SSSR count). The Morgan fingerprint density at radius 3 is 2.48 bits per heavy atom. The Bertz CT molecular complexity index is 995. The Kier molecular flexibility index (Phi) is 5.42. The molecule has 0 unspecified atom stereocenters. The van der Waals surface area contributed by atoms with Crippen LogP contribution in [0.25, 0.3) is 0 Å². The number of carbonyl (C=O) groups is 3. The van der Waals surface area contributed by atoms with Crippen molar-refractivity contribution in [3.63, 3.8) is 0 Å². The minimum Gasteiger partial charge on any atom is -0.478 e. The van der Waals surface area contributed by atoms with Gasteiger partial charge in [0.25, 0.3) is 0 Å². The number of esters is 1. The predicted octanol–water partition coefficient (Wildman–Crippen LogP) is 3.89. The first-order chi connectivity index (χ1) is 15.2. The summed E-state index contributed by atoms with van der Waals surface area (Å²) in [5.74, 6) is -6.04. The lowest BCUT2D eigenvalue weighted by molar-refractivity contribution is -0.213. The topological polar surface area (TPSA) is 101 Å². The molecule has 3 saturated carbocycles. The van der Waals surface area contributed by atoms with Crippen LogP contribution in [0.15, 0.2) is 23.6 Å². The zero-order chi connectivity index (χ0) is 24.7. The minimum atomic E-state index is -1.92. The summed E-state index contributed by atoms with van der Waals surface area (Å²) in [6.45, 7) is 6.40. The smallest absolute Gasteiger partial charge is 0.349 e. The summed E-state index contributed by atoms with van der Waals surface area (Å²) in [4.78, 5) is 35.3. The molecular weight excluding hydrogens is 458 g/mol. The molecule has 0 aromatic heterocycles. The van der Waals surface area contributed by atoms with E-state index in [1.165, 1.54) is 13.0 Å². The van der Waals surface area contributed by atoms with Gasteiger partial charge in [-0.25, -0.2) is 13.6 Å². The first kappa shape index (κ1) is 24.3. The number of allylic oxidation sites excluding steroid dienone is 4. The Morgan fingerprint density at radius 2 is 1.91 bits per heavy atom. The van der Waals surface area contributed by atoms with Crippen LogP contribution in [0.3, 0.4) is 0 Å². The molecular formula is C24H29ClF2O6. The summed E-state index contributed by atoms with van der Waals surface area (Å²) in [7, 11) is 0. The van der Waals surface area contributed by atoms with E-state index in [4.69, 9.17) is 16.3 Å². The summed E-state index contributed by atoms with van der Waals surface area (Å²) >= 11 is 7.17. The number of halogens is 3. The fraction of sp³-hybridized carbons (Fsp3) is 0.708. The number of aliphatic hydroxyl groups is 1. The maximum Gasteiger partial charge on any atom is 0.349 e. The third kappa shape index (κ3) is 2.71. The van der Waals surface area contributed by atoms with Crippen LogP contribution in [0.5, 0.6) is 0 Å². The number of alkyl halides is 2. The lowest BCUT2D eigenvalue weighted by atomic mass is 9.45. The van der Waals surface area contributed by atoms with E-state index in [1.807, 2.05) is 0 Å². The van der Waals surface area contributed by atoms with Crippen LogP contribution in [-0.4, -0.2) is 50.7 Å². The molecule has 0 heterocycles. The molecule has 0 aromatic rings. The molecule has 0 aromatic carbocycles.